The van der Waals surface area contributed by atoms with E-state index in [0.717, 1.165) is 22.2 Å². The van der Waals surface area contributed by atoms with Gasteiger partial charge in [0, 0.05) is 22.2 Å². The molecule has 98 valence electrons. The van der Waals surface area contributed by atoms with Crippen molar-refractivity contribution in [3.05, 3.63) is 81.6 Å². The number of aryl methyl sites for hydroxylation is 1. The first-order valence-electron chi connectivity index (χ1n) is 6.60. The lowest BCUT2D eigenvalue weighted by atomic mass is 10.1. The van der Waals surface area contributed by atoms with Gasteiger partial charge < -0.3 is 4.98 Å². The standard InChI is InChI=1S/C18H15NO/c1-13-15(12-11-14-7-3-2-4-8-14)18(20)16-9-5-6-10-17(16)19-13/h2-12H,1H3,(H,19,20)/b12-11+. The molecule has 0 bridgehead atoms. The van der Waals surface area contributed by atoms with Crippen LogP contribution in [0.3, 0.4) is 0 Å². The van der Waals surface area contributed by atoms with Gasteiger partial charge in [-0.3, -0.25) is 4.79 Å². The summed E-state index contributed by atoms with van der Waals surface area (Å²) in [5, 5.41) is 0.728. The normalized spacial score (nSPS) is 11.2. The lowest BCUT2D eigenvalue weighted by Gasteiger charge is -2.04. The van der Waals surface area contributed by atoms with Crippen LogP contribution in [0.4, 0.5) is 0 Å². The highest BCUT2D eigenvalue weighted by Gasteiger charge is 2.05. The highest BCUT2D eigenvalue weighted by molar-refractivity contribution is 5.83. The van der Waals surface area contributed by atoms with E-state index in [1.165, 1.54) is 0 Å². The quantitative estimate of drug-likeness (QED) is 0.743. The lowest BCUT2D eigenvalue weighted by Crippen LogP contribution is -2.09. The lowest BCUT2D eigenvalue weighted by molar-refractivity contribution is 1.23. The third kappa shape index (κ3) is 2.28. The van der Waals surface area contributed by atoms with Crippen LogP contribution in [0.5, 0.6) is 0 Å². The predicted octanol–water partition coefficient (Wildman–Crippen LogP) is 4.01. The molecule has 0 spiro atoms. The Morgan fingerprint density at radius 2 is 1.60 bits per heavy atom. The molecule has 0 amide bonds. The number of hydrogen-bond acceptors (Lipinski definition) is 1. The second-order valence-electron chi connectivity index (χ2n) is 4.78. The molecule has 3 rings (SSSR count). The molecular formula is C18H15NO. The first kappa shape index (κ1) is 12.4. The number of H-pyrrole nitrogens is 1. The Morgan fingerprint density at radius 3 is 2.40 bits per heavy atom. The van der Waals surface area contributed by atoms with Crippen molar-refractivity contribution in [2.24, 2.45) is 0 Å². The van der Waals surface area contributed by atoms with E-state index in [-0.39, 0.29) is 5.43 Å². The van der Waals surface area contributed by atoms with Gasteiger partial charge in [0.1, 0.15) is 0 Å². The van der Waals surface area contributed by atoms with Gasteiger partial charge >= 0.3 is 0 Å². The summed E-state index contributed by atoms with van der Waals surface area (Å²) in [6.07, 6.45) is 3.85. The van der Waals surface area contributed by atoms with Crippen molar-refractivity contribution in [3.63, 3.8) is 0 Å². The van der Waals surface area contributed by atoms with Gasteiger partial charge in [-0.05, 0) is 30.7 Å². The van der Waals surface area contributed by atoms with Crippen LogP contribution in [0.1, 0.15) is 16.8 Å². The maximum Gasteiger partial charge on any atom is 0.196 e. The molecular weight excluding hydrogens is 246 g/mol. The average Bonchev–Trinajstić information content (AvgIpc) is 2.48. The van der Waals surface area contributed by atoms with Gasteiger partial charge in [0.2, 0.25) is 0 Å². The number of pyridine rings is 1. The third-order valence-corrected chi connectivity index (χ3v) is 3.38. The van der Waals surface area contributed by atoms with E-state index in [1.807, 2.05) is 73.7 Å². The summed E-state index contributed by atoms with van der Waals surface area (Å²) in [4.78, 5) is 15.8. The van der Waals surface area contributed by atoms with Crippen molar-refractivity contribution in [1.29, 1.82) is 0 Å². The van der Waals surface area contributed by atoms with E-state index in [0.29, 0.717) is 5.56 Å². The van der Waals surface area contributed by atoms with Crippen molar-refractivity contribution in [3.8, 4) is 0 Å². The molecule has 20 heavy (non-hydrogen) atoms. The minimum atomic E-state index is 0.0732. The minimum absolute atomic E-state index is 0.0732. The van der Waals surface area contributed by atoms with Crippen LogP contribution in [-0.4, -0.2) is 4.98 Å². The zero-order chi connectivity index (χ0) is 13.9. The van der Waals surface area contributed by atoms with Crippen molar-refractivity contribution in [2.75, 3.05) is 0 Å². The molecule has 0 aliphatic heterocycles. The summed E-state index contributed by atoms with van der Waals surface area (Å²) in [5.74, 6) is 0. The van der Waals surface area contributed by atoms with Crippen molar-refractivity contribution in [2.45, 2.75) is 6.92 Å². The molecule has 0 aliphatic carbocycles. The zero-order valence-corrected chi connectivity index (χ0v) is 11.3. The van der Waals surface area contributed by atoms with Crippen LogP contribution in [0.15, 0.2) is 59.4 Å². The summed E-state index contributed by atoms with van der Waals surface area (Å²) < 4.78 is 0. The number of hydrogen-bond donors (Lipinski definition) is 1. The van der Waals surface area contributed by atoms with Crippen LogP contribution in [0, 0.1) is 6.92 Å². The van der Waals surface area contributed by atoms with Gasteiger partial charge in [0.25, 0.3) is 0 Å². The Morgan fingerprint density at radius 1 is 0.900 bits per heavy atom. The van der Waals surface area contributed by atoms with Gasteiger partial charge in [-0.25, -0.2) is 0 Å². The Balaban J connectivity index is 2.13. The van der Waals surface area contributed by atoms with Gasteiger partial charge in [0.15, 0.2) is 5.43 Å². The molecule has 1 heterocycles. The summed E-state index contributed by atoms with van der Waals surface area (Å²) in [5.41, 5.74) is 3.64. The van der Waals surface area contributed by atoms with Crippen LogP contribution < -0.4 is 5.43 Å². The molecule has 0 atom stereocenters. The first-order chi connectivity index (χ1) is 9.75. The molecule has 1 aromatic heterocycles. The maximum absolute atomic E-state index is 12.5. The Labute approximate surface area is 117 Å². The predicted molar refractivity (Wildman–Crippen MR) is 84.7 cm³/mol. The second-order valence-corrected chi connectivity index (χ2v) is 4.78. The van der Waals surface area contributed by atoms with Gasteiger partial charge in [-0.15, -0.1) is 0 Å². The molecule has 2 aromatic carbocycles. The van der Waals surface area contributed by atoms with Gasteiger partial charge in [-0.1, -0.05) is 48.5 Å². The number of aromatic amines is 1. The van der Waals surface area contributed by atoms with E-state index in [9.17, 15) is 4.79 Å². The fourth-order valence-corrected chi connectivity index (χ4v) is 2.32. The average molecular weight is 261 g/mol. The third-order valence-electron chi connectivity index (χ3n) is 3.38. The van der Waals surface area contributed by atoms with Crippen LogP contribution in [-0.2, 0) is 0 Å². The second kappa shape index (κ2) is 5.17. The molecule has 0 saturated heterocycles. The molecule has 0 unspecified atom stereocenters. The maximum atomic E-state index is 12.5. The molecule has 2 heteroatoms. The Kier molecular flexibility index (Phi) is 3.21. The monoisotopic (exact) mass is 261 g/mol. The van der Waals surface area contributed by atoms with E-state index < -0.39 is 0 Å². The number of benzene rings is 2. The summed E-state index contributed by atoms with van der Waals surface area (Å²) in [6.45, 7) is 1.93. The SMILES string of the molecule is Cc1[nH]c2ccccc2c(=O)c1/C=C/c1ccccc1. The number of aromatic nitrogens is 1. The van der Waals surface area contributed by atoms with Crippen molar-refractivity contribution < 1.29 is 0 Å². The molecule has 3 aromatic rings. The van der Waals surface area contributed by atoms with Crippen LogP contribution >= 0.6 is 0 Å². The molecule has 2 nitrogen and oxygen atoms in total. The summed E-state index contributed by atoms with van der Waals surface area (Å²) in [7, 11) is 0. The van der Waals surface area contributed by atoms with E-state index in [4.69, 9.17) is 0 Å². The summed E-state index contributed by atoms with van der Waals surface area (Å²) in [6, 6.07) is 17.6. The fourth-order valence-electron chi connectivity index (χ4n) is 2.32. The Bertz CT molecular complexity index is 829. The van der Waals surface area contributed by atoms with Gasteiger partial charge in [-0.2, -0.15) is 0 Å². The highest BCUT2D eigenvalue weighted by atomic mass is 16.1. The zero-order valence-electron chi connectivity index (χ0n) is 11.3. The fraction of sp³-hybridized carbons (Fsp3) is 0.0556. The van der Waals surface area contributed by atoms with Crippen LogP contribution in [0.25, 0.3) is 23.1 Å². The largest absolute Gasteiger partial charge is 0.358 e. The van der Waals surface area contributed by atoms with Gasteiger partial charge in [0.05, 0.1) is 0 Å². The minimum Gasteiger partial charge on any atom is -0.358 e. The van der Waals surface area contributed by atoms with Crippen molar-refractivity contribution >= 4 is 23.1 Å². The molecule has 0 fully saturated rings. The topological polar surface area (TPSA) is 32.9 Å². The number of fused-ring (bicyclic) bond motifs is 1. The molecule has 0 radical (unpaired) electrons. The van der Waals surface area contributed by atoms with E-state index >= 15 is 0 Å². The smallest absolute Gasteiger partial charge is 0.196 e. The highest BCUT2D eigenvalue weighted by Crippen LogP contribution is 2.13. The Hall–Kier alpha value is -2.61. The number of rotatable bonds is 2. The molecule has 1 N–H and O–H groups in total. The van der Waals surface area contributed by atoms with E-state index in [2.05, 4.69) is 4.98 Å². The van der Waals surface area contributed by atoms with Crippen LogP contribution in [0.2, 0.25) is 0 Å². The van der Waals surface area contributed by atoms with Crippen molar-refractivity contribution in [1.82, 2.24) is 4.98 Å². The van der Waals surface area contributed by atoms with E-state index in [1.54, 1.807) is 0 Å². The molecule has 0 saturated carbocycles. The summed E-state index contributed by atoms with van der Waals surface area (Å²) >= 11 is 0. The molecule has 0 aliphatic rings. The first-order valence-corrected chi connectivity index (χ1v) is 6.60. The number of para-hydroxylation sites is 1. The number of nitrogens with one attached hydrogen (secondary N) is 1.